The first-order valence-electron chi connectivity index (χ1n) is 12.0. The van der Waals surface area contributed by atoms with Crippen LogP contribution in [0.25, 0.3) is 10.9 Å². The first kappa shape index (κ1) is 27.2. The second kappa shape index (κ2) is 11.7. The summed E-state index contributed by atoms with van der Waals surface area (Å²) in [5, 5.41) is 11.0. The molecule has 3 aromatic rings. The Morgan fingerprint density at radius 1 is 1.19 bits per heavy atom. The summed E-state index contributed by atoms with van der Waals surface area (Å²) in [6, 6.07) is 6.57. The highest BCUT2D eigenvalue weighted by Gasteiger charge is 2.35. The molecule has 0 radical (unpaired) electrons. The number of aliphatic hydroxyl groups is 1. The van der Waals surface area contributed by atoms with Crippen LogP contribution in [0, 0.1) is 34.7 Å². The average Bonchev–Trinajstić information content (AvgIpc) is 2.90. The van der Waals surface area contributed by atoms with E-state index in [9.17, 15) is 18.3 Å². The first-order valence-corrected chi connectivity index (χ1v) is 12.4. The second-order valence-electron chi connectivity index (χ2n) is 9.39. The van der Waals surface area contributed by atoms with E-state index in [1.54, 1.807) is 18.2 Å². The van der Waals surface area contributed by atoms with Crippen molar-refractivity contribution in [2.75, 3.05) is 33.4 Å². The molecule has 9 heteroatoms. The van der Waals surface area contributed by atoms with Crippen LogP contribution >= 0.6 is 11.6 Å². The highest BCUT2D eigenvalue weighted by Crippen LogP contribution is 2.41. The minimum absolute atomic E-state index is 0.0777. The lowest BCUT2D eigenvalue weighted by Gasteiger charge is -2.40. The fourth-order valence-corrected chi connectivity index (χ4v) is 5.03. The molecule has 1 aromatic heterocycles. The predicted molar refractivity (Wildman–Crippen MR) is 135 cm³/mol. The lowest BCUT2D eigenvalue weighted by atomic mass is 9.74. The van der Waals surface area contributed by atoms with Crippen LogP contribution in [0.2, 0.25) is 5.02 Å². The van der Waals surface area contributed by atoms with E-state index in [4.69, 9.17) is 16.3 Å². The molecule has 1 fully saturated rings. The number of rotatable bonds is 7. The molecular weight excluding hydrogens is 508 g/mol. The van der Waals surface area contributed by atoms with Crippen LogP contribution in [0.1, 0.15) is 43.0 Å². The first-order chi connectivity index (χ1) is 17.7. The van der Waals surface area contributed by atoms with Crippen LogP contribution < -0.4 is 4.74 Å². The van der Waals surface area contributed by atoms with Crippen molar-refractivity contribution < 1.29 is 27.4 Å². The molecule has 4 rings (SSSR count). The van der Waals surface area contributed by atoms with Gasteiger partial charge in [-0.2, -0.15) is 0 Å². The van der Waals surface area contributed by atoms with Gasteiger partial charge in [-0.1, -0.05) is 23.4 Å². The number of hydrogen-bond acceptors (Lipinski definition) is 4. The number of likely N-dealkylation sites (tertiary alicyclic amines) is 1. The maximum Gasteiger partial charge on any atom is 0.174 e. The zero-order chi connectivity index (χ0) is 26.6. The van der Waals surface area contributed by atoms with Gasteiger partial charge >= 0.3 is 0 Å². The third-order valence-electron chi connectivity index (χ3n) is 7.08. The predicted octanol–water partition coefficient (Wildman–Crippen LogP) is 6.23. The van der Waals surface area contributed by atoms with Crippen molar-refractivity contribution in [2.24, 2.45) is 5.41 Å². The van der Waals surface area contributed by atoms with Gasteiger partial charge in [0.25, 0.3) is 0 Å². The second-order valence-corrected chi connectivity index (χ2v) is 9.80. The molecule has 1 N–H and O–H groups in total. The van der Waals surface area contributed by atoms with Crippen LogP contribution in [0.4, 0.5) is 17.6 Å². The summed E-state index contributed by atoms with van der Waals surface area (Å²) in [7, 11) is 1.54. The summed E-state index contributed by atoms with van der Waals surface area (Å²) in [5.41, 5.74) is 0.217. The van der Waals surface area contributed by atoms with Crippen LogP contribution in [0.5, 0.6) is 5.75 Å². The molecule has 2 heterocycles. The fourth-order valence-electron chi connectivity index (χ4n) is 4.76. The van der Waals surface area contributed by atoms with Crippen LogP contribution in [0.3, 0.4) is 0 Å². The SMILES string of the molecule is COc1ccc2ncc(Cl)c(C(F)CCC3(CO)CCN(CC#Cc4cc(F)cc(F)c4F)CC3)c2c1. The van der Waals surface area contributed by atoms with E-state index in [-0.39, 0.29) is 30.2 Å². The summed E-state index contributed by atoms with van der Waals surface area (Å²) in [4.78, 5) is 6.29. The van der Waals surface area contributed by atoms with Gasteiger partial charge in [0.15, 0.2) is 11.6 Å². The minimum atomic E-state index is -1.35. The van der Waals surface area contributed by atoms with Crippen molar-refractivity contribution in [1.82, 2.24) is 9.88 Å². The van der Waals surface area contributed by atoms with Gasteiger partial charge in [0, 0.05) is 29.8 Å². The van der Waals surface area contributed by atoms with Gasteiger partial charge < -0.3 is 9.84 Å². The van der Waals surface area contributed by atoms with Crippen LogP contribution in [-0.2, 0) is 0 Å². The number of halogens is 5. The number of benzene rings is 2. The summed E-state index contributed by atoms with van der Waals surface area (Å²) in [5.74, 6) is 2.50. The maximum absolute atomic E-state index is 15.6. The fraction of sp³-hybridized carbons (Fsp3) is 0.393. The van der Waals surface area contributed by atoms with Gasteiger partial charge in [-0.05, 0) is 68.5 Å². The molecule has 1 atom stereocenters. The molecule has 1 saturated heterocycles. The number of methoxy groups -OCH3 is 1. The van der Waals surface area contributed by atoms with Crippen molar-refractivity contribution in [3.63, 3.8) is 0 Å². The van der Waals surface area contributed by atoms with Crippen LogP contribution in [0.15, 0.2) is 36.5 Å². The molecule has 0 bridgehead atoms. The number of nitrogens with zero attached hydrogens (tertiary/aromatic N) is 2. The number of aromatic nitrogens is 1. The molecule has 196 valence electrons. The number of pyridine rings is 1. The molecule has 0 spiro atoms. The van der Waals surface area contributed by atoms with E-state index in [0.717, 1.165) is 6.07 Å². The number of aliphatic hydroxyl groups excluding tert-OH is 1. The average molecular weight is 535 g/mol. The Morgan fingerprint density at radius 2 is 1.95 bits per heavy atom. The largest absolute Gasteiger partial charge is 0.497 e. The van der Waals surface area contributed by atoms with Crippen molar-refractivity contribution in [2.45, 2.75) is 31.9 Å². The summed E-state index contributed by atoms with van der Waals surface area (Å²) in [6.07, 6.45) is 1.99. The molecule has 0 aliphatic carbocycles. The Bertz CT molecular complexity index is 1330. The third kappa shape index (κ3) is 6.18. The Kier molecular flexibility index (Phi) is 8.58. The van der Waals surface area contributed by atoms with Gasteiger partial charge in [-0.3, -0.25) is 9.88 Å². The molecule has 37 heavy (non-hydrogen) atoms. The van der Waals surface area contributed by atoms with E-state index in [1.165, 1.54) is 13.3 Å². The van der Waals surface area contributed by atoms with Crippen molar-refractivity contribution in [3.05, 3.63) is 70.1 Å². The zero-order valence-corrected chi connectivity index (χ0v) is 21.1. The van der Waals surface area contributed by atoms with E-state index in [2.05, 4.69) is 16.8 Å². The number of alkyl halides is 1. The normalized spacial score (nSPS) is 16.3. The van der Waals surface area contributed by atoms with Crippen molar-refractivity contribution >= 4 is 22.5 Å². The topological polar surface area (TPSA) is 45.6 Å². The highest BCUT2D eigenvalue weighted by atomic mass is 35.5. The number of ether oxygens (including phenoxy) is 1. The number of piperidine rings is 1. The number of fused-ring (bicyclic) bond motifs is 1. The Balaban J connectivity index is 1.38. The van der Waals surface area contributed by atoms with Crippen LogP contribution in [-0.4, -0.2) is 48.3 Å². The Hall–Kier alpha value is -2.86. The smallest absolute Gasteiger partial charge is 0.174 e. The monoisotopic (exact) mass is 534 g/mol. The highest BCUT2D eigenvalue weighted by molar-refractivity contribution is 6.32. The summed E-state index contributed by atoms with van der Waals surface area (Å²) >= 11 is 6.35. The minimum Gasteiger partial charge on any atom is -0.497 e. The molecular formula is C28H27ClF4N2O2. The van der Waals surface area contributed by atoms with Crippen molar-refractivity contribution in [1.29, 1.82) is 0 Å². The van der Waals surface area contributed by atoms with Gasteiger partial charge in [0.05, 0.1) is 29.8 Å². The summed E-state index contributed by atoms with van der Waals surface area (Å²) < 4.78 is 61.3. The molecule has 4 nitrogen and oxygen atoms in total. The molecule has 1 unspecified atom stereocenters. The van der Waals surface area contributed by atoms with Gasteiger partial charge in [-0.15, -0.1) is 0 Å². The van der Waals surface area contributed by atoms with Gasteiger partial charge in [0.2, 0.25) is 0 Å². The Morgan fingerprint density at radius 3 is 2.65 bits per heavy atom. The molecule has 2 aromatic carbocycles. The Labute approximate surface area is 218 Å². The lowest BCUT2D eigenvalue weighted by Crippen LogP contribution is -2.42. The molecule has 0 amide bonds. The maximum atomic E-state index is 15.6. The zero-order valence-electron chi connectivity index (χ0n) is 20.3. The van der Waals surface area contributed by atoms with E-state index in [1.807, 2.05) is 4.90 Å². The van der Waals surface area contributed by atoms with Crippen molar-refractivity contribution in [3.8, 4) is 17.6 Å². The van der Waals surface area contributed by atoms with E-state index >= 15 is 4.39 Å². The lowest BCUT2D eigenvalue weighted by molar-refractivity contribution is 0.0344. The third-order valence-corrected chi connectivity index (χ3v) is 7.38. The molecule has 1 aliphatic heterocycles. The van der Waals surface area contributed by atoms with E-state index < -0.39 is 29.0 Å². The van der Waals surface area contributed by atoms with E-state index in [0.29, 0.717) is 60.6 Å². The molecule has 0 saturated carbocycles. The quantitative estimate of drug-likeness (QED) is 0.222. The standard InChI is InChI=1S/C28H27ClF4N2O2/c1-37-20-4-5-25-21(15-20)26(22(29)16-34-25)23(31)6-7-28(17-36)8-11-35(12-9-28)10-2-3-18-13-19(30)14-24(32)27(18)33/h4-5,13-16,23,36H,6-12,17H2,1H3. The van der Waals surface area contributed by atoms with Gasteiger partial charge in [-0.25, -0.2) is 17.6 Å². The summed E-state index contributed by atoms with van der Waals surface area (Å²) in [6.45, 7) is 1.40. The number of hydrogen-bond donors (Lipinski definition) is 1. The van der Waals surface area contributed by atoms with Gasteiger partial charge in [0.1, 0.15) is 17.7 Å². The molecule has 1 aliphatic rings.